The molecule has 5 aromatic carbocycles. The lowest BCUT2D eigenvalue weighted by Gasteiger charge is -2.11. The summed E-state index contributed by atoms with van der Waals surface area (Å²) in [5, 5.41) is 15.4. The summed E-state index contributed by atoms with van der Waals surface area (Å²) in [5.41, 5.74) is 9.13. The molecule has 38 heavy (non-hydrogen) atoms. The van der Waals surface area contributed by atoms with Crippen molar-refractivity contribution >= 4 is 49.1 Å². The highest BCUT2D eigenvalue weighted by molar-refractivity contribution is 6.12. The van der Waals surface area contributed by atoms with Crippen LogP contribution in [0.5, 0.6) is 0 Å². The maximum atomic E-state index is 4.68. The number of aryl methyl sites for hydroxylation is 2. The lowest BCUT2D eigenvalue weighted by Crippen LogP contribution is -1.96. The first kappa shape index (κ1) is 21.2. The summed E-state index contributed by atoms with van der Waals surface area (Å²) in [4.78, 5) is 0. The number of pyridine rings is 1. The van der Waals surface area contributed by atoms with Crippen LogP contribution in [-0.2, 0) is 0 Å². The van der Waals surface area contributed by atoms with Crippen molar-refractivity contribution in [2.75, 3.05) is 0 Å². The molecule has 0 atom stereocenters. The van der Waals surface area contributed by atoms with Crippen molar-refractivity contribution in [2.45, 2.75) is 13.8 Å². The Morgan fingerprint density at radius 1 is 0.500 bits per heavy atom. The van der Waals surface area contributed by atoms with Gasteiger partial charge in [0.1, 0.15) is 0 Å². The first-order valence-corrected chi connectivity index (χ1v) is 12.9. The average Bonchev–Trinajstić information content (AvgIpc) is 3.53. The van der Waals surface area contributed by atoms with Crippen molar-refractivity contribution in [1.29, 1.82) is 0 Å². The Morgan fingerprint density at radius 3 is 1.79 bits per heavy atom. The van der Waals surface area contributed by atoms with Gasteiger partial charge in [0, 0.05) is 32.8 Å². The summed E-state index contributed by atoms with van der Waals surface area (Å²) in [6.45, 7) is 4.31. The Hall–Kier alpha value is -4.96. The van der Waals surface area contributed by atoms with Crippen molar-refractivity contribution < 1.29 is 0 Å². The first-order valence-electron chi connectivity index (χ1n) is 12.9. The van der Waals surface area contributed by atoms with Crippen LogP contribution in [0, 0.1) is 13.8 Å². The molecule has 0 saturated carbocycles. The van der Waals surface area contributed by atoms with Crippen molar-refractivity contribution in [1.82, 2.24) is 19.2 Å². The molecule has 180 valence electrons. The highest BCUT2D eigenvalue weighted by Gasteiger charge is 2.17. The molecule has 0 aliphatic heterocycles. The Bertz CT molecular complexity index is 2140. The molecule has 8 rings (SSSR count). The van der Waals surface area contributed by atoms with Gasteiger partial charge < -0.3 is 4.57 Å². The number of hydrogen-bond acceptors (Lipinski definition) is 2. The van der Waals surface area contributed by atoms with E-state index in [2.05, 4.69) is 142 Å². The number of nitrogens with zero attached hydrogens (tertiary/aromatic N) is 4. The van der Waals surface area contributed by atoms with Gasteiger partial charge in [-0.2, -0.15) is 0 Å². The number of hydrogen-bond donors (Lipinski definition) is 0. The molecule has 0 radical (unpaired) electrons. The fourth-order valence-electron chi connectivity index (χ4n) is 5.97. The van der Waals surface area contributed by atoms with Crippen LogP contribution in [0.3, 0.4) is 0 Å². The van der Waals surface area contributed by atoms with Gasteiger partial charge in [-0.3, -0.25) is 4.40 Å². The van der Waals surface area contributed by atoms with E-state index in [-0.39, 0.29) is 0 Å². The molecule has 8 aromatic rings. The predicted molar refractivity (Wildman–Crippen MR) is 157 cm³/mol. The van der Waals surface area contributed by atoms with Crippen molar-refractivity contribution in [3.05, 3.63) is 120 Å². The average molecular weight is 489 g/mol. The molecule has 0 amide bonds. The second-order valence-electron chi connectivity index (χ2n) is 10.2. The largest absolute Gasteiger partial charge is 0.309 e. The third-order valence-electron chi connectivity index (χ3n) is 7.73. The lowest BCUT2D eigenvalue weighted by atomic mass is 10.1. The third-order valence-corrected chi connectivity index (χ3v) is 7.73. The third kappa shape index (κ3) is 2.91. The molecule has 0 aliphatic carbocycles. The number of para-hydroxylation sites is 1. The Labute approximate surface area is 219 Å². The van der Waals surface area contributed by atoms with Crippen LogP contribution in [0.4, 0.5) is 0 Å². The second-order valence-corrected chi connectivity index (χ2v) is 10.2. The zero-order valence-electron chi connectivity index (χ0n) is 21.2. The number of fused-ring (bicyclic) bond motifs is 9. The molecule has 0 aliphatic rings. The van der Waals surface area contributed by atoms with Crippen LogP contribution in [0.2, 0.25) is 0 Å². The molecule has 3 heterocycles. The predicted octanol–water partition coefficient (Wildman–Crippen LogP) is 8.42. The summed E-state index contributed by atoms with van der Waals surface area (Å²) >= 11 is 0. The lowest BCUT2D eigenvalue weighted by molar-refractivity contribution is 1.11. The Kier molecular flexibility index (Phi) is 4.32. The molecule has 0 fully saturated rings. The zero-order chi connectivity index (χ0) is 25.4. The van der Waals surface area contributed by atoms with Crippen LogP contribution in [0.15, 0.2) is 109 Å². The van der Waals surface area contributed by atoms with Crippen LogP contribution < -0.4 is 0 Å². The van der Waals surface area contributed by atoms with E-state index in [9.17, 15) is 0 Å². The SMILES string of the molecule is Cc1ccc2c(c1)c1cc(C)ccc1n2-c1ccc(-c2nnc3c4ccccc4c4ccccc4n23)cc1. The van der Waals surface area contributed by atoms with E-state index in [0.717, 1.165) is 33.6 Å². The van der Waals surface area contributed by atoms with Crippen LogP contribution in [-0.4, -0.2) is 19.2 Å². The molecular formula is C34H24N4. The van der Waals surface area contributed by atoms with E-state index >= 15 is 0 Å². The maximum Gasteiger partial charge on any atom is 0.169 e. The van der Waals surface area contributed by atoms with Gasteiger partial charge in [-0.1, -0.05) is 65.7 Å². The molecular weight excluding hydrogens is 464 g/mol. The van der Waals surface area contributed by atoms with Gasteiger partial charge in [-0.15, -0.1) is 10.2 Å². The van der Waals surface area contributed by atoms with Crippen molar-refractivity contribution in [2.24, 2.45) is 0 Å². The molecule has 4 heteroatoms. The molecule has 0 saturated heterocycles. The van der Waals surface area contributed by atoms with Crippen LogP contribution >= 0.6 is 0 Å². The fraction of sp³-hybridized carbons (Fsp3) is 0.0588. The minimum atomic E-state index is 0.849. The number of benzene rings is 5. The van der Waals surface area contributed by atoms with Gasteiger partial charge in [0.25, 0.3) is 0 Å². The van der Waals surface area contributed by atoms with Crippen molar-refractivity contribution in [3.63, 3.8) is 0 Å². The van der Waals surface area contributed by atoms with Crippen LogP contribution in [0.1, 0.15) is 11.1 Å². The first-order chi connectivity index (χ1) is 18.7. The summed E-state index contributed by atoms with van der Waals surface area (Å²) in [6.07, 6.45) is 0. The normalized spacial score (nSPS) is 11.9. The van der Waals surface area contributed by atoms with E-state index in [1.165, 1.54) is 43.7 Å². The monoisotopic (exact) mass is 488 g/mol. The van der Waals surface area contributed by atoms with Gasteiger partial charge in [0.2, 0.25) is 0 Å². The van der Waals surface area contributed by atoms with E-state index in [4.69, 9.17) is 0 Å². The standard InChI is InChI=1S/C34H24N4/c1-21-11-17-31-28(19-21)29-20-22(2)12-18-32(29)37(31)24-15-13-23(14-16-24)33-35-36-34-27-9-4-3-7-25(27)26-8-5-6-10-30(26)38(33)34/h3-20H,1-2H3. The van der Waals surface area contributed by atoms with Gasteiger partial charge in [0.05, 0.1) is 16.6 Å². The quantitative estimate of drug-likeness (QED) is 0.229. The van der Waals surface area contributed by atoms with Gasteiger partial charge >= 0.3 is 0 Å². The summed E-state index contributed by atoms with van der Waals surface area (Å²) in [5.74, 6) is 0.849. The fourth-order valence-corrected chi connectivity index (χ4v) is 5.97. The maximum absolute atomic E-state index is 4.68. The van der Waals surface area contributed by atoms with Gasteiger partial charge in [-0.25, -0.2) is 0 Å². The summed E-state index contributed by atoms with van der Waals surface area (Å²) in [6, 6.07) is 39.1. The molecule has 3 aromatic heterocycles. The smallest absolute Gasteiger partial charge is 0.169 e. The molecule has 0 N–H and O–H groups in total. The summed E-state index contributed by atoms with van der Waals surface area (Å²) < 4.78 is 4.55. The van der Waals surface area contributed by atoms with Gasteiger partial charge in [0.15, 0.2) is 11.5 Å². The highest BCUT2D eigenvalue weighted by atomic mass is 15.2. The zero-order valence-corrected chi connectivity index (χ0v) is 21.2. The van der Waals surface area contributed by atoms with E-state index < -0.39 is 0 Å². The molecule has 0 unspecified atom stereocenters. The summed E-state index contributed by atoms with van der Waals surface area (Å²) in [7, 11) is 0. The Morgan fingerprint density at radius 2 is 1.11 bits per heavy atom. The van der Waals surface area contributed by atoms with Crippen LogP contribution in [0.25, 0.3) is 66.2 Å². The van der Waals surface area contributed by atoms with Gasteiger partial charge in [-0.05, 0) is 73.8 Å². The molecule has 4 nitrogen and oxygen atoms in total. The Balaban J connectivity index is 1.35. The topological polar surface area (TPSA) is 35.1 Å². The van der Waals surface area contributed by atoms with E-state index in [1.807, 2.05) is 0 Å². The minimum absolute atomic E-state index is 0.849. The number of aromatic nitrogens is 4. The number of rotatable bonds is 2. The molecule has 0 spiro atoms. The van der Waals surface area contributed by atoms with E-state index in [0.29, 0.717) is 0 Å². The second kappa shape index (κ2) is 7.77. The molecule has 0 bridgehead atoms. The van der Waals surface area contributed by atoms with Crippen molar-refractivity contribution in [3.8, 4) is 17.1 Å². The minimum Gasteiger partial charge on any atom is -0.309 e. The highest BCUT2D eigenvalue weighted by Crippen LogP contribution is 2.35. The van der Waals surface area contributed by atoms with E-state index in [1.54, 1.807) is 0 Å².